The van der Waals surface area contributed by atoms with Crippen molar-refractivity contribution in [2.75, 3.05) is 12.3 Å². The number of nitrogen functional groups attached to an aromatic ring is 1. The van der Waals surface area contributed by atoms with Crippen molar-refractivity contribution >= 4 is 21.6 Å². The fourth-order valence-corrected chi connectivity index (χ4v) is 2.54. The smallest absolute Gasteiger partial charge is 0.156 e. The zero-order valence-electron chi connectivity index (χ0n) is 11.1. The molecule has 0 bridgehead atoms. The van der Waals surface area contributed by atoms with E-state index in [1.165, 1.54) is 17.7 Å². The Morgan fingerprint density at radius 1 is 1.10 bits per heavy atom. The average molecular weight is 338 g/mol. The van der Waals surface area contributed by atoms with Crippen LogP contribution in [0.15, 0.2) is 46.9 Å². The van der Waals surface area contributed by atoms with Crippen molar-refractivity contribution in [1.82, 2.24) is 0 Å². The maximum Gasteiger partial charge on any atom is 0.156 e. The molecular weight excluding hydrogens is 321 g/mol. The quantitative estimate of drug-likeness (QED) is 0.618. The maximum absolute atomic E-state index is 13.1. The van der Waals surface area contributed by atoms with E-state index in [9.17, 15) is 4.39 Å². The van der Waals surface area contributed by atoms with Crippen LogP contribution in [0.3, 0.4) is 0 Å². The number of nitrogens with two attached hydrogens (primary N) is 1. The van der Waals surface area contributed by atoms with Crippen molar-refractivity contribution in [2.45, 2.75) is 19.3 Å². The molecule has 2 nitrogen and oxygen atoms in total. The van der Waals surface area contributed by atoms with Crippen LogP contribution in [-0.4, -0.2) is 6.61 Å². The second-order valence-corrected chi connectivity index (χ2v) is 5.45. The van der Waals surface area contributed by atoms with Gasteiger partial charge in [-0.1, -0.05) is 30.3 Å². The van der Waals surface area contributed by atoms with E-state index in [1.807, 2.05) is 18.2 Å². The molecule has 0 saturated carbocycles. The molecule has 0 aromatic heterocycles. The van der Waals surface area contributed by atoms with E-state index < -0.39 is 0 Å². The van der Waals surface area contributed by atoms with Crippen molar-refractivity contribution in [3.63, 3.8) is 0 Å². The zero-order chi connectivity index (χ0) is 14.4. The third-order valence-electron chi connectivity index (χ3n) is 2.99. The summed E-state index contributed by atoms with van der Waals surface area (Å²) in [6.07, 6.45) is 3.01. The highest BCUT2D eigenvalue weighted by atomic mass is 79.9. The highest BCUT2D eigenvalue weighted by Crippen LogP contribution is 2.32. The van der Waals surface area contributed by atoms with Crippen molar-refractivity contribution in [3.05, 3.63) is 58.3 Å². The van der Waals surface area contributed by atoms with Crippen LogP contribution in [0.4, 0.5) is 10.1 Å². The number of unbranched alkanes of at least 4 members (excludes halogenated alkanes) is 1. The second kappa shape index (κ2) is 7.29. The molecular formula is C16H17BrFNO. The van der Waals surface area contributed by atoms with E-state index in [-0.39, 0.29) is 5.82 Å². The number of rotatable bonds is 6. The molecule has 0 radical (unpaired) electrons. The van der Waals surface area contributed by atoms with Gasteiger partial charge in [0.15, 0.2) is 5.75 Å². The number of benzene rings is 2. The van der Waals surface area contributed by atoms with Gasteiger partial charge < -0.3 is 10.5 Å². The fraction of sp³-hybridized carbons (Fsp3) is 0.250. The summed E-state index contributed by atoms with van der Waals surface area (Å²) in [6, 6.07) is 13.0. The fourth-order valence-electron chi connectivity index (χ4n) is 1.98. The van der Waals surface area contributed by atoms with Gasteiger partial charge in [-0.2, -0.15) is 0 Å². The lowest BCUT2D eigenvalue weighted by atomic mass is 10.1. The first-order valence-electron chi connectivity index (χ1n) is 6.58. The zero-order valence-corrected chi connectivity index (χ0v) is 12.7. The molecule has 20 heavy (non-hydrogen) atoms. The molecule has 0 aliphatic carbocycles. The third kappa shape index (κ3) is 4.23. The molecule has 0 aliphatic heterocycles. The van der Waals surface area contributed by atoms with Crippen molar-refractivity contribution in [3.8, 4) is 5.75 Å². The Hall–Kier alpha value is -1.55. The van der Waals surface area contributed by atoms with E-state index in [0.717, 1.165) is 19.3 Å². The Bertz CT molecular complexity index is 537. The molecule has 106 valence electrons. The molecule has 2 N–H and O–H groups in total. The molecule has 0 heterocycles. The predicted molar refractivity (Wildman–Crippen MR) is 83.4 cm³/mol. The first-order chi connectivity index (χ1) is 9.66. The number of hydrogen-bond donors (Lipinski definition) is 1. The Labute approximate surface area is 126 Å². The van der Waals surface area contributed by atoms with Crippen LogP contribution in [0, 0.1) is 5.82 Å². The molecule has 0 fully saturated rings. The van der Waals surface area contributed by atoms with Crippen LogP contribution in [0.25, 0.3) is 0 Å². The standard InChI is InChI=1S/C16H17BrFNO/c17-14-10-13(18)11-15(19)16(14)20-9-5-4-8-12-6-2-1-3-7-12/h1-3,6-7,10-11H,4-5,8-9,19H2. The number of aryl methyl sites for hydroxylation is 1. The molecule has 0 unspecified atom stereocenters. The molecule has 0 spiro atoms. The maximum atomic E-state index is 13.1. The first kappa shape index (κ1) is 14.9. The summed E-state index contributed by atoms with van der Waals surface area (Å²) in [5.74, 6) is 0.150. The van der Waals surface area contributed by atoms with Crippen LogP contribution in [0.5, 0.6) is 5.75 Å². The van der Waals surface area contributed by atoms with Crippen LogP contribution in [0.1, 0.15) is 18.4 Å². The van der Waals surface area contributed by atoms with E-state index in [2.05, 4.69) is 28.1 Å². The number of hydrogen-bond acceptors (Lipinski definition) is 2. The van der Waals surface area contributed by atoms with Crippen molar-refractivity contribution in [1.29, 1.82) is 0 Å². The molecule has 0 amide bonds. The Morgan fingerprint density at radius 3 is 2.55 bits per heavy atom. The van der Waals surface area contributed by atoms with E-state index in [0.29, 0.717) is 22.5 Å². The molecule has 0 saturated heterocycles. The van der Waals surface area contributed by atoms with E-state index in [4.69, 9.17) is 10.5 Å². The summed E-state index contributed by atoms with van der Waals surface area (Å²) in [7, 11) is 0. The van der Waals surface area contributed by atoms with E-state index in [1.54, 1.807) is 0 Å². The van der Waals surface area contributed by atoms with E-state index >= 15 is 0 Å². The van der Waals surface area contributed by atoms with Crippen molar-refractivity contribution < 1.29 is 9.13 Å². The summed E-state index contributed by atoms with van der Waals surface area (Å²) in [5, 5.41) is 0. The SMILES string of the molecule is Nc1cc(F)cc(Br)c1OCCCCc1ccccc1. The van der Waals surface area contributed by atoms with Crippen LogP contribution >= 0.6 is 15.9 Å². The van der Waals surface area contributed by atoms with Gasteiger partial charge in [0.25, 0.3) is 0 Å². The van der Waals surface area contributed by atoms with Gasteiger partial charge in [-0.05, 0) is 46.8 Å². The molecule has 2 aromatic rings. The monoisotopic (exact) mass is 337 g/mol. The summed E-state index contributed by atoms with van der Waals surface area (Å²) in [6.45, 7) is 0.571. The average Bonchev–Trinajstić information content (AvgIpc) is 2.42. The lowest BCUT2D eigenvalue weighted by Gasteiger charge is -2.11. The minimum absolute atomic E-state index is 0.319. The number of halogens is 2. The van der Waals surface area contributed by atoms with Crippen LogP contribution in [-0.2, 0) is 6.42 Å². The first-order valence-corrected chi connectivity index (χ1v) is 7.37. The summed E-state index contributed by atoms with van der Waals surface area (Å²) >= 11 is 3.26. The predicted octanol–water partition coefficient (Wildman–Crippen LogP) is 4.57. The normalized spacial score (nSPS) is 10.5. The lowest BCUT2D eigenvalue weighted by molar-refractivity contribution is 0.306. The minimum Gasteiger partial charge on any atom is -0.490 e. The summed E-state index contributed by atoms with van der Waals surface area (Å²) in [5.41, 5.74) is 7.38. The highest BCUT2D eigenvalue weighted by Gasteiger charge is 2.08. The Balaban J connectivity index is 1.76. The van der Waals surface area contributed by atoms with Gasteiger partial charge in [0.05, 0.1) is 16.8 Å². The Kier molecular flexibility index (Phi) is 5.41. The van der Waals surface area contributed by atoms with Gasteiger partial charge in [0.1, 0.15) is 5.82 Å². The van der Waals surface area contributed by atoms with Crippen molar-refractivity contribution in [2.24, 2.45) is 0 Å². The number of ether oxygens (including phenoxy) is 1. The van der Waals surface area contributed by atoms with Gasteiger partial charge in [-0.25, -0.2) is 4.39 Å². The summed E-state index contributed by atoms with van der Waals surface area (Å²) < 4.78 is 19.2. The minimum atomic E-state index is -0.370. The molecule has 2 rings (SSSR count). The molecule has 0 aliphatic rings. The molecule has 4 heteroatoms. The second-order valence-electron chi connectivity index (χ2n) is 4.60. The summed E-state index contributed by atoms with van der Waals surface area (Å²) in [4.78, 5) is 0. The topological polar surface area (TPSA) is 35.2 Å². The molecule has 2 aromatic carbocycles. The largest absolute Gasteiger partial charge is 0.490 e. The lowest BCUT2D eigenvalue weighted by Crippen LogP contribution is -2.02. The van der Waals surface area contributed by atoms with Gasteiger partial charge in [0, 0.05) is 6.07 Å². The molecule has 0 atom stereocenters. The Morgan fingerprint density at radius 2 is 1.85 bits per heavy atom. The number of anilines is 1. The van der Waals surface area contributed by atoms with Gasteiger partial charge >= 0.3 is 0 Å². The van der Waals surface area contributed by atoms with Gasteiger partial charge in [-0.15, -0.1) is 0 Å². The van der Waals surface area contributed by atoms with Gasteiger partial charge in [0.2, 0.25) is 0 Å². The third-order valence-corrected chi connectivity index (χ3v) is 3.58. The highest BCUT2D eigenvalue weighted by molar-refractivity contribution is 9.10. The van der Waals surface area contributed by atoms with Crippen LogP contribution in [0.2, 0.25) is 0 Å². The van der Waals surface area contributed by atoms with Gasteiger partial charge in [-0.3, -0.25) is 0 Å². The van der Waals surface area contributed by atoms with Crippen LogP contribution < -0.4 is 10.5 Å².